The fraction of sp³-hybridized carbons (Fsp3) is 1.00. The van der Waals surface area contributed by atoms with Crippen molar-refractivity contribution in [2.45, 2.75) is 12.8 Å². The van der Waals surface area contributed by atoms with E-state index in [1.807, 2.05) is 6.66 Å². The van der Waals surface area contributed by atoms with Gasteiger partial charge in [0.1, 0.15) is 0 Å². The first-order chi connectivity index (χ1) is 4.31. The second-order valence-corrected chi connectivity index (χ2v) is 4.38. The summed E-state index contributed by atoms with van der Waals surface area (Å²) in [7, 11) is -0.510. The second kappa shape index (κ2) is 1.91. The highest BCUT2D eigenvalue weighted by atomic mass is 31.2. The van der Waals surface area contributed by atoms with Gasteiger partial charge in [-0.25, -0.2) is 0 Å². The molecule has 1 aliphatic carbocycles. The van der Waals surface area contributed by atoms with Crippen LogP contribution in [0.25, 0.3) is 0 Å². The van der Waals surface area contributed by atoms with Gasteiger partial charge < -0.3 is 9.05 Å². The Labute approximate surface area is 56.5 Å². The quantitative estimate of drug-likeness (QED) is 0.485. The molecule has 2 nitrogen and oxygen atoms in total. The summed E-state index contributed by atoms with van der Waals surface area (Å²) in [6.45, 7) is 3.93. The van der Waals surface area contributed by atoms with Crippen LogP contribution in [0.1, 0.15) is 12.8 Å². The van der Waals surface area contributed by atoms with E-state index in [0.29, 0.717) is 5.41 Å². The molecule has 1 saturated heterocycles. The molecule has 52 valence electrons. The number of hydrogen-bond acceptors (Lipinski definition) is 2. The molecule has 1 heterocycles. The summed E-state index contributed by atoms with van der Waals surface area (Å²) in [6.07, 6.45) is 2.63. The van der Waals surface area contributed by atoms with Gasteiger partial charge in [0, 0.05) is 12.1 Å². The van der Waals surface area contributed by atoms with Crippen molar-refractivity contribution in [1.29, 1.82) is 0 Å². The Bertz CT molecular complexity index is 112. The highest BCUT2D eigenvalue weighted by Crippen LogP contribution is 2.54. The van der Waals surface area contributed by atoms with E-state index in [2.05, 4.69) is 0 Å². The van der Waals surface area contributed by atoms with Gasteiger partial charge in [0.05, 0.1) is 13.2 Å². The molecule has 9 heavy (non-hydrogen) atoms. The van der Waals surface area contributed by atoms with Crippen LogP contribution in [-0.2, 0) is 9.05 Å². The van der Waals surface area contributed by atoms with Gasteiger partial charge in [0.25, 0.3) is 0 Å². The normalized spacial score (nSPS) is 33.0. The van der Waals surface area contributed by atoms with E-state index in [1.165, 1.54) is 12.8 Å². The van der Waals surface area contributed by atoms with Crippen molar-refractivity contribution in [2.75, 3.05) is 19.9 Å². The fourth-order valence-corrected chi connectivity index (χ4v) is 1.99. The summed E-state index contributed by atoms with van der Waals surface area (Å²) >= 11 is 0. The zero-order valence-electron chi connectivity index (χ0n) is 5.59. The Balaban J connectivity index is 1.91. The molecular formula is C6H11O2P. The van der Waals surface area contributed by atoms with E-state index in [9.17, 15) is 0 Å². The van der Waals surface area contributed by atoms with E-state index in [1.54, 1.807) is 0 Å². The molecule has 2 aliphatic rings. The second-order valence-electron chi connectivity index (χ2n) is 2.99. The fourth-order valence-electron chi connectivity index (χ4n) is 1.00. The van der Waals surface area contributed by atoms with E-state index in [-0.39, 0.29) is 0 Å². The van der Waals surface area contributed by atoms with E-state index >= 15 is 0 Å². The lowest BCUT2D eigenvalue weighted by Crippen LogP contribution is -2.20. The van der Waals surface area contributed by atoms with Crippen molar-refractivity contribution in [2.24, 2.45) is 5.41 Å². The zero-order chi connectivity index (χ0) is 6.32. The molecule has 1 aliphatic heterocycles. The van der Waals surface area contributed by atoms with Crippen molar-refractivity contribution in [3.8, 4) is 0 Å². The zero-order valence-corrected chi connectivity index (χ0v) is 6.49. The van der Waals surface area contributed by atoms with E-state index in [0.717, 1.165) is 13.2 Å². The molecule has 3 heteroatoms. The van der Waals surface area contributed by atoms with Crippen LogP contribution in [-0.4, -0.2) is 19.9 Å². The van der Waals surface area contributed by atoms with Gasteiger partial charge in [0.15, 0.2) is 8.38 Å². The predicted molar refractivity (Wildman–Crippen MR) is 36.4 cm³/mol. The molecular weight excluding hydrogens is 135 g/mol. The predicted octanol–water partition coefficient (Wildman–Crippen LogP) is 1.76. The van der Waals surface area contributed by atoms with Crippen molar-refractivity contribution in [3.05, 3.63) is 0 Å². The topological polar surface area (TPSA) is 18.5 Å². The van der Waals surface area contributed by atoms with Gasteiger partial charge in [-0.1, -0.05) is 0 Å². The smallest absolute Gasteiger partial charge is 0.167 e. The Morgan fingerprint density at radius 1 is 1.22 bits per heavy atom. The Morgan fingerprint density at radius 3 is 2.22 bits per heavy atom. The minimum Gasteiger partial charge on any atom is -0.334 e. The number of rotatable bonds is 0. The van der Waals surface area contributed by atoms with Crippen LogP contribution in [0.5, 0.6) is 0 Å². The third-order valence-electron chi connectivity index (χ3n) is 2.06. The third-order valence-corrected chi connectivity index (χ3v) is 3.05. The van der Waals surface area contributed by atoms with Crippen LogP contribution < -0.4 is 0 Å². The molecule has 0 aromatic heterocycles. The first-order valence-corrected chi connectivity index (χ1v) is 4.93. The summed E-state index contributed by atoms with van der Waals surface area (Å²) in [5, 5.41) is 0. The van der Waals surface area contributed by atoms with Crippen LogP contribution >= 0.6 is 8.38 Å². The molecule has 1 saturated carbocycles. The minimum atomic E-state index is -0.510. The maximum absolute atomic E-state index is 5.40. The van der Waals surface area contributed by atoms with Gasteiger partial charge in [-0.15, -0.1) is 0 Å². The first kappa shape index (κ1) is 6.09. The highest BCUT2D eigenvalue weighted by Gasteiger charge is 2.46. The molecule has 0 radical (unpaired) electrons. The summed E-state index contributed by atoms with van der Waals surface area (Å²) in [4.78, 5) is 0. The Hall–Kier alpha value is 0.350. The van der Waals surface area contributed by atoms with Crippen LogP contribution in [0.3, 0.4) is 0 Å². The molecule has 0 aromatic rings. The molecule has 0 unspecified atom stereocenters. The molecule has 0 amide bonds. The van der Waals surface area contributed by atoms with Gasteiger partial charge in [0.2, 0.25) is 0 Å². The van der Waals surface area contributed by atoms with Crippen LogP contribution in [0.4, 0.5) is 0 Å². The standard InChI is InChI=1S/C6H11O2P/c1-9-7-4-6(2-3-6)5-8-9/h2-5H2,1H3. The molecule has 2 fully saturated rings. The monoisotopic (exact) mass is 146 g/mol. The van der Waals surface area contributed by atoms with Crippen molar-refractivity contribution in [1.82, 2.24) is 0 Å². The van der Waals surface area contributed by atoms with Crippen LogP contribution in [0.15, 0.2) is 0 Å². The third kappa shape index (κ3) is 1.12. The van der Waals surface area contributed by atoms with E-state index in [4.69, 9.17) is 9.05 Å². The average molecular weight is 146 g/mol. The first-order valence-electron chi connectivity index (χ1n) is 3.30. The number of hydrogen-bond donors (Lipinski definition) is 0. The molecule has 0 atom stereocenters. The van der Waals surface area contributed by atoms with E-state index < -0.39 is 8.38 Å². The largest absolute Gasteiger partial charge is 0.334 e. The van der Waals surface area contributed by atoms with Gasteiger partial charge in [-0.3, -0.25) is 0 Å². The Morgan fingerprint density at radius 2 is 1.78 bits per heavy atom. The highest BCUT2D eigenvalue weighted by molar-refractivity contribution is 7.46. The summed E-state index contributed by atoms with van der Waals surface area (Å²) < 4.78 is 10.8. The van der Waals surface area contributed by atoms with Gasteiger partial charge >= 0.3 is 0 Å². The summed E-state index contributed by atoms with van der Waals surface area (Å²) in [5.41, 5.74) is 0.481. The summed E-state index contributed by atoms with van der Waals surface area (Å²) in [6, 6.07) is 0. The lowest BCUT2D eigenvalue weighted by Gasteiger charge is -2.25. The van der Waals surface area contributed by atoms with Crippen LogP contribution in [0, 0.1) is 5.41 Å². The molecule has 0 N–H and O–H groups in total. The maximum Gasteiger partial charge on any atom is 0.167 e. The van der Waals surface area contributed by atoms with Gasteiger partial charge in [-0.2, -0.15) is 0 Å². The molecule has 1 spiro atoms. The van der Waals surface area contributed by atoms with Crippen molar-refractivity contribution in [3.63, 3.8) is 0 Å². The summed E-state index contributed by atoms with van der Waals surface area (Å²) in [5.74, 6) is 0. The Kier molecular flexibility index (Phi) is 1.29. The maximum atomic E-state index is 5.40. The molecule has 2 rings (SSSR count). The lowest BCUT2D eigenvalue weighted by molar-refractivity contribution is 0.107. The molecule has 0 aromatic carbocycles. The van der Waals surface area contributed by atoms with Crippen LogP contribution in [0.2, 0.25) is 0 Å². The molecule has 0 bridgehead atoms. The lowest BCUT2D eigenvalue weighted by atomic mass is 10.1. The van der Waals surface area contributed by atoms with Crippen molar-refractivity contribution >= 4 is 8.38 Å². The van der Waals surface area contributed by atoms with Gasteiger partial charge in [-0.05, 0) is 12.8 Å². The SMILES string of the molecule is CP1OCC2(CC2)CO1. The van der Waals surface area contributed by atoms with Crippen molar-refractivity contribution < 1.29 is 9.05 Å². The minimum absolute atomic E-state index is 0.481. The average Bonchev–Trinajstić information content (AvgIpc) is 2.60.